The maximum atomic E-state index is 13.5. The van der Waals surface area contributed by atoms with Crippen LogP contribution in [0.5, 0.6) is 0 Å². The van der Waals surface area contributed by atoms with Crippen LogP contribution in [-0.4, -0.2) is 45.6 Å². The Hall–Kier alpha value is -3.35. The molecule has 0 saturated carbocycles. The number of rotatable bonds is 4. The van der Waals surface area contributed by atoms with Crippen molar-refractivity contribution in [2.24, 2.45) is 5.92 Å². The van der Waals surface area contributed by atoms with Crippen molar-refractivity contribution in [3.63, 3.8) is 0 Å². The summed E-state index contributed by atoms with van der Waals surface area (Å²) in [7, 11) is 0. The van der Waals surface area contributed by atoms with Gasteiger partial charge in [0.2, 0.25) is 0 Å². The van der Waals surface area contributed by atoms with Crippen LogP contribution in [0.25, 0.3) is 11.3 Å². The lowest BCUT2D eigenvalue weighted by Gasteiger charge is -2.25. The third kappa shape index (κ3) is 6.29. The van der Waals surface area contributed by atoms with E-state index in [4.69, 9.17) is 27.9 Å². The van der Waals surface area contributed by atoms with Gasteiger partial charge in [-0.2, -0.15) is 13.2 Å². The van der Waals surface area contributed by atoms with E-state index in [0.717, 1.165) is 29.2 Å². The van der Waals surface area contributed by atoms with E-state index in [2.05, 4.69) is 15.3 Å². The van der Waals surface area contributed by atoms with Crippen LogP contribution < -0.4 is 10.2 Å². The first-order valence-corrected chi connectivity index (χ1v) is 14.1. The molecule has 0 bridgehead atoms. The number of amides is 2. The van der Waals surface area contributed by atoms with Crippen LogP contribution in [0.3, 0.4) is 0 Å². The molecule has 2 aliphatic heterocycles. The number of aromatic nitrogens is 2. The summed E-state index contributed by atoms with van der Waals surface area (Å²) in [5.41, 5.74) is -0.127. The van der Waals surface area contributed by atoms with Crippen LogP contribution in [0.4, 0.5) is 28.1 Å². The quantitative estimate of drug-likeness (QED) is 0.299. The highest BCUT2D eigenvalue weighted by atomic mass is 35.5. The standard InChI is InChI=1S/C27H24Cl2F3N5O3S/c1-26(2,3)40-25(39)37-8-7-15-12-36(13-19(15)37)23-20(14-5-4-6-17(9-14)27(30,31)32)34-24(41-23)35-22(38)16-10-18(28)21(29)33-11-16/h4-6,9-11,13,15H,7-8,12H2,1-3H3,(H,34,35,38). The predicted octanol–water partition coefficient (Wildman–Crippen LogP) is 7.70. The van der Waals surface area contributed by atoms with Gasteiger partial charge in [0.15, 0.2) is 5.13 Å². The van der Waals surface area contributed by atoms with Crippen molar-refractivity contribution in [3.8, 4) is 11.3 Å². The fraction of sp³-hybridized carbons (Fsp3) is 0.333. The second-order valence-electron chi connectivity index (χ2n) is 10.5. The molecule has 0 spiro atoms. The highest BCUT2D eigenvalue weighted by molar-refractivity contribution is 7.20. The van der Waals surface area contributed by atoms with E-state index in [-0.39, 0.29) is 38.0 Å². The van der Waals surface area contributed by atoms with Crippen LogP contribution in [0.1, 0.15) is 43.1 Å². The van der Waals surface area contributed by atoms with E-state index in [1.165, 1.54) is 24.4 Å². The molecule has 3 aromatic rings. The largest absolute Gasteiger partial charge is 0.443 e. The number of anilines is 2. The number of pyridine rings is 1. The lowest BCUT2D eigenvalue weighted by molar-refractivity contribution is -0.137. The fourth-order valence-corrected chi connectivity index (χ4v) is 5.79. The van der Waals surface area contributed by atoms with Gasteiger partial charge in [0.25, 0.3) is 5.91 Å². The lowest BCUT2D eigenvalue weighted by Crippen LogP contribution is -2.34. The molecule has 2 aromatic heterocycles. The van der Waals surface area contributed by atoms with E-state index in [9.17, 15) is 22.8 Å². The molecule has 1 N–H and O–H groups in total. The monoisotopic (exact) mass is 625 g/mol. The first kappa shape index (κ1) is 29.2. The minimum absolute atomic E-state index is 0.0132. The highest BCUT2D eigenvalue weighted by Gasteiger charge is 2.40. The van der Waals surface area contributed by atoms with E-state index >= 15 is 0 Å². The van der Waals surface area contributed by atoms with Gasteiger partial charge in [-0.25, -0.2) is 14.8 Å². The van der Waals surface area contributed by atoms with Crippen molar-refractivity contribution >= 4 is 56.7 Å². The second-order valence-corrected chi connectivity index (χ2v) is 12.3. The van der Waals surface area contributed by atoms with Gasteiger partial charge in [0.1, 0.15) is 21.4 Å². The minimum atomic E-state index is -4.55. The SMILES string of the molecule is CC(C)(C)OC(=O)N1CCC2CN(c3sc(NC(=O)c4cnc(Cl)c(Cl)c4)nc3-c3cccc(C(F)(F)F)c3)C=C21. The molecular weight excluding hydrogens is 602 g/mol. The van der Waals surface area contributed by atoms with E-state index < -0.39 is 29.3 Å². The van der Waals surface area contributed by atoms with Gasteiger partial charge in [0.05, 0.1) is 16.1 Å². The molecule has 2 aliphatic rings. The molecule has 1 saturated heterocycles. The topological polar surface area (TPSA) is 87.7 Å². The van der Waals surface area contributed by atoms with Gasteiger partial charge in [-0.15, -0.1) is 0 Å². The molecule has 41 heavy (non-hydrogen) atoms. The molecule has 8 nitrogen and oxygen atoms in total. The molecular formula is C27H24Cl2F3N5O3S. The summed E-state index contributed by atoms with van der Waals surface area (Å²) in [6.45, 7) is 6.34. The zero-order chi connectivity index (χ0) is 29.7. The van der Waals surface area contributed by atoms with Crippen molar-refractivity contribution < 1.29 is 27.5 Å². The van der Waals surface area contributed by atoms with Gasteiger partial charge >= 0.3 is 12.3 Å². The van der Waals surface area contributed by atoms with Crippen molar-refractivity contribution in [2.45, 2.75) is 39.0 Å². The molecule has 4 heterocycles. The van der Waals surface area contributed by atoms with Crippen LogP contribution in [0.15, 0.2) is 48.4 Å². The smallest absolute Gasteiger partial charge is 0.416 e. The maximum Gasteiger partial charge on any atom is 0.416 e. The Labute approximate surface area is 247 Å². The molecule has 5 rings (SSSR count). The van der Waals surface area contributed by atoms with Crippen molar-refractivity contribution in [2.75, 3.05) is 23.3 Å². The normalized spacial score (nSPS) is 17.0. The number of benzene rings is 1. The number of hydrogen-bond donors (Lipinski definition) is 1. The number of carbonyl (C=O) groups excluding carboxylic acids is 2. The first-order valence-electron chi connectivity index (χ1n) is 12.5. The number of nitrogens with one attached hydrogen (secondary N) is 1. The first-order chi connectivity index (χ1) is 19.2. The van der Waals surface area contributed by atoms with Crippen LogP contribution in [0, 0.1) is 5.92 Å². The number of alkyl halides is 3. The predicted molar refractivity (Wildman–Crippen MR) is 151 cm³/mol. The Morgan fingerprint density at radius 1 is 1.17 bits per heavy atom. The second kappa shape index (κ2) is 10.8. The molecule has 2 amide bonds. The number of likely N-dealkylation sites (tertiary alicyclic amines) is 1. The highest BCUT2D eigenvalue weighted by Crippen LogP contribution is 2.45. The van der Waals surface area contributed by atoms with Crippen molar-refractivity contribution in [1.82, 2.24) is 14.9 Å². The van der Waals surface area contributed by atoms with Crippen molar-refractivity contribution in [1.29, 1.82) is 0 Å². The summed E-state index contributed by atoms with van der Waals surface area (Å²) >= 11 is 12.9. The summed E-state index contributed by atoms with van der Waals surface area (Å²) in [5.74, 6) is -0.556. The van der Waals surface area contributed by atoms with Gasteiger partial charge in [-0.1, -0.05) is 46.7 Å². The zero-order valence-electron chi connectivity index (χ0n) is 22.1. The van der Waals surface area contributed by atoms with Crippen LogP contribution >= 0.6 is 34.5 Å². The fourth-order valence-electron chi connectivity index (χ4n) is 4.55. The third-order valence-corrected chi connectivity index (χ3v) is 8.06. The Morgan fingerprint density at radius 2 is 1.93 bits per heavy atom. The van der Waals surface area contributed by atoms with E-state index in [1.807, 2.05) is 4.90 Å². The Balaban J connectivity index is 1.51. The molecule has 1 aromatic carbocycles. The third-order valence-electron chi connectivity index (χ3n) is 6.36. The number of hydrogen-bond acceptors (Lipinski definition) is 7. The molecule has 14 heteroatoms. The number of nitrogens with zero attached hydrogens (tertiary/aromatic N) is 4. The van der Waals surface area contributed by atoms with E-state index in [0.29, 0.717) is 24.5 Å². The minimum Gasteiger partial charge on any atom is -0.443 e. The number of carbonyl (C=O) groups is 2. The van der Waals surface area contributed by atoms with Crippen molar-refractivity contribution in [3.05, 3.63) is 69.7 Å². The maximum absolute atomic E-state index is 13.5. The summed E-state index contributed by atoms with van der Waals surface area (Å²) in [6.07, 6.45) is -1.26. The summed E-state index contributed by atoms with van der Waals surface area (Å²) in [5, 5.41) is 3.48. The lowest BCUT2D eigenvalue weighted by atomic mass is 10.1. The molecule has 1 unspecified atom stereocenters. The number of thiazole rings is 1. The summed E-state index contributed by atoms with van der Waals surface area (Å²) in [6, 6.07) is 6.19. The van der Waals surface area contributed by atoms with Gasteiger partial charge in [0, 0.05) is 42.7 Å². The number of halogens is 5. The molecule has 0 radical (unpaired) electrons. The average molecular weight is 626 g/mol. The molecule has 1 atom stereocenters. The molecule has 0 aliphatic carbocycles. The van der Waals surface area contributed by atoms with Gasteiger partial charge < -0.3 is 9.64 Å². The molecule has 216 valence electrons. The number of ether oxygens (including phenoxy) is 1. The zero-order valence-corrected chi connectivity index (χ0v) is 24.4. The van der Waals surface area contributed by atoms with Crippen LogP contribution in [-0.2, 0) is 10.9 Å². The Morgan fingerprint density at radius 3 is 2.61 bits per heavy atom. The van der Waals surface area contributed by atoms with Gasteiger partial charge in [-0.3, -0.25) is 15.0 Å². The van der Waals surface area contributed by atoms with Gasteiger partial charge in [-0.05, 0) is 45.4 Å². The van der Waals surface area contributed by atoms with E-state index in [1.54, 1.807) is 31.9 Å². The number of fused-ring (bicyclic) bond motifs is 1. The Kier molecular flexibility index (Phi) is 7.68. The Bertz CT molecular complexity index is 1550. The summed E-state index contributed by atoms with van der Waals surface area (Å²) in [4.78, 5) is 37.6. The average Bonchev–Trinajstić information content (AvgIpc) is 3.58. The van der Waals surface area contributed by atoms with Crippen LogP contribution in [0.2, 0.25) is 10.2 Å². The summed E-state index contributed by atoms with van der Waals surface area (Å²) < 4.78 is 46.2. The molecule has 1 fully saturated rings.